The van der Waals surface area contributed by atoms with Gasteiger partial charge in [-0.15, -0.1) is 0 Å². The molecule has 0 N–H and O–H groups in total. The number of ether oxygens (including phenoxy) is 2. The number of nitrogens with zero attached hydrogens (tertiary/aromatic N) is 6. The number of hydrogen-bond acceptors (Lipinski definition) is 8. The molecule has 1 atom stereocenters. The number of fused-ring (bicyclic) bond motifs is 1. The molecule has 1 unspecified atom stereocenters. The summed E-state index contributed by atoms with van der Waals surface area (Å²) in [5.74, 6) is 0.789. The Morgan fingerprint density at radius 1 is 1.12 bits per heavy atom. The summed E-state index contributed by atoms with van der Waals surface area (Å²) in [6, 6.07) is 5.75. The third-order valence-corrected chi connectivity index (χ3v) is 6.32. The van der Waals surface area contributed by atoms with E-state index >= 15 is 0 Å². The topological polar surface area (TPSA) is 94.7 Å². The molecule has 2 aliphatic heterocycles. The van der Waals surface area contributed by atoms with Crippen molar-refractivity contribution < 1.29 is 13.7 Å². The molecule has 10 heteroatoms. The molecule has 0 bridgehead atoms. The Bertz CT molecular complexity index is 1230. The van der Waals surface area contributed by atoms with Crippen LogP contribution >= 0.6 is 0 Å². The fourth-order valence-electron chi connectivity index (χ4n) is 4.22. The highest BCUT2D eigenvalue weighted by Crippen LogP contribution is 2.36. The molecular formula is C22H28N6O3S. The summed E-state index contributed by atoms with van der Waals surface area (Å²) in [5, 5.41) is 5.36. The molecule has 32 heavy (non-hydrogen) atoms. The van der Waals surface area contributed by atoms with Gasteiger partial charge in [-0.2, -0.15) is 9.46 Å². The molecule has 0 amide bonds. The average Bonchev–Trinajstić information content (AvgIpc) is 3.28. The Morgan fingerprint density at radius 3 is 2.72 bits per heavy atom. The zero-order valence-electron chi connectivity index (χ0n) is 18.4. The van der Waals surface area contributed by atoms with Gasteiger partial charge >= 0.3 is 0 Å². The summed E-state index contributed by atoms with van der Waals surface area (Å²) in [6.45, 7) is 3.52. The third-order valence-electron chi connectivity index (χ3n) is 5.69. The van der Waals surface area contributed by atoms with Gasteiger partial charge in [0.05, 0.1) is 24.6 Å². The first-order valence-electron chi connectivity index (χ1n) is 10.9. The third kappa shape index (κ3) is 4.35. The van der Waals surface area contributed by atoms with Crippen molar-refractivity contribution in [2.75, 3.05) is 50.3 Å². The van der Waals surface area contributed by atoms with Crippen LogP contribution in [0.3, 0.4) is 0 Å². The van der Waals surface area contributed by atoms with Gasteiger partial charge < -0.3 is 14.4 Å². The van der Waals surface area contributed by atoms with E-state index in [-0.39, 0.29) is 6.23 Å². The molecule has 0 spiro atoms. The van der Waals surface area contributed by atoms with Crippen LogP contribution in [0, 0.1) is 0 Å². The molecule has 5 heterocycles. The fourth-order valence-corrected chi connectivity index (χ4v) is 4.85. The summed E-state index contributed by atoms with van der Waals surface area (Å²) in [6.07, 6.45) is 9.80. The van der Waals surface area contributed by atoms with E-state index in [1.165, 1.54) is 0 Å². The van der Waals surface area contributed by atoms with Gasteiger partial charge in [-0.25, -0.2) is 13.9 Å². The minimum atomic E-state index is -2.36. The standard InChI is InChI=1S/C22H28N6O3S/c1-32(2,29)26-17-15-19(27-10-13-30-14-11-27)25-21-16(17)6-8-23-22(21)18-7-9-24-28(18)20-5-3-4-12-31-20/h6-9,15,20H,3-5,10-14H2,1-2H3. The van der Waals surface area contributed by atoms with Gasteiger partial charge in [0.25, 0.3) is 0 Å². The van der Waals surface area contributed by atoms with Crippen LogP contribution in [0.4, 0.5) is 11.5 Å². The minimum absolute atomic E-state index is 0.109. The van der Waals surface area contributed by atoms with Gasteiger partial charge in [0.1, 0.15) is 17.0 Å². The van der Waals surface area contributed by atoms with E-state index in [2.05, 4.69) is 14.4 Å². The first-order chi connectivity index (χ1) is 15.5. The van der Waals surface area contributed by atoms with Gasteiger partial charge in [-0.3, -0.25) is 4.98 Å². The van der Waals surface area contributed by atoms with Gasteiger partial charge in [0.15, 0.2) is 6.23 Å². The van der Waals surface area contributed by atoms with Crippen molar-refractivity contribution in [1.29, 1.82) is 0 Å². The van der Waals surface area contributed by atoms with Crippen LogP contribution in [0.5, 0.6) is 0 Å². The van der Waals surface area contributed by atoms with E-state index in [4.69, 9.17) is 19.4 Å². The molecule has 0 aliphatic carbocycles. The molecule has 2 aliphatic rings. The quantitative estimate of drug-likeness (QED) is 0.594. The SMILES string of the molecule is CS(C)(=O)=Nc1cc(N2CCOCC2)nc2c(-c3ccnn3C3CCCCO3)nccc12. The van der Waals surface area contributed by atoms with Crippen LogP contribution < -0.4 is 4.90 Å². The molecule has 0 radical (unpaired) electrons. The van der Waals surface area contributed by atoms with Crippen molar-refractivity contribution in [3.05, 3.63) is 30.6 Å². The van der Waals surface area contributed by atoms with Crippen LogP contribution in [0.2, 0.25) is 0 Å². The highest BCUT2D eigenvalue weighted by atomic mass is 32.2. The van der Waals surface area contributed by atoms with E-state index in [1.54, 1.807) is 24.9 Å². The number of morpholine rings is 1. The second kappa shape index (κ2) is 8.76. The van der Waals surface area contributed by atoms with E-state index in [9.17, 15) is 4.21 Å². The Balaban J connectivity index is 1.70. The summed E-state index contributed by atoms with van der Waals surface area (Å²) in [4.78, 5) is 11.9. The Hall–Kier alpha value is -2.56. The van der Waals surface area contributed by atoms with Crippen molar-refractivity contribution in [2.45, 2.75) is 25.5 Å². The molecule has 0 aromatic carbocycles. The van der Waals surface area contributed by atoms with Crippen LogP contribution in [-0.4, -0.2) is 69.4 Å². The van der Waals surface area contributed by atoms with E-state index in [0.29, 0.717) is 18.9 Å². The number of rotatable bonds is 4. The first-order valence-corrected chi connectivity index (χ1v) is 13.3. The zero-order valence-corrected chi connectivity index (χ0v) is 19.3. The lowest BCUT2D eigenvalue weighted by molar-refractivity contribution is -0.0383. The molecule has 2 saturated heterocycles. The maximum absolute atomic E-state index is 12.6. The molecular weight excluding hydrogens is 428 g/mol. The molecule has 3 aromatic heterocycles. The minimum Gasteiger partial charge on any atom is -0.378 e. The maximum Gasteiger partial charge on any atom is 0.150 e. The van der Waals surface area contributed by atoms with Gasteiger partial charge in [-0.05, 0) is 31.4 Å². The van der Waals surface area contributed by atoms with Gasteiger partial charge in [0.2, 0.25) is 0 Å². The van der Waals surface area contributed by atoms with Crippen LogP contribution in [0.15, 0.2) is 35.0 Å². The number of anilines is 1. The van der Waals surface area contributed by atoms with E-state index in [0.717, 1.165) is 67.1 Å². The van der Waals surface area contributed by atoms with Crippen molar-refractivity contribution in [3.63, 3.8) is 0 Å². The zero-order chi connectivity index (χ0) is 22.1. The Labute approximate surface area is 187 Å². The molecule has 2 fully saturated rings. The van der Waals surface area contributed by atoms with Crippen molar-refractivity contribution in [3.8, 4) is 11.4 Å². The summed E-state index contributed by atoms with van der Waals surface area (Å²) in [5.41, 5.74) is 2.96. The normalized spacial score (nSPS) is 19.9. The fraction of sp³-hybridized carbons (Fsp3) is 0.500. The monoisotopic (exact) mass is 456 g/mol. The molecule has 5 rings (SSSR count). The molecule has 170 valence electrons. The second-order valence-corrected chi connectivity index (χ2v) is 11.0. The number of hydrogen-bond donors (Lipinski definition) is 0. The predicted molar refractivity (Wildman–Crippen MR) is 125 cm³/mol. The second-order valence-electron chi connectivity index (χ2n) is 8.41. The lowest BCUT2D eigenvalue weighted by Gasteiger charge is -2.28. The van der Waals surface area contributed by atoms with Gasteiger partial charge in [0, 0.05) is 65.8 Å². The summed E-state index contributed by atoms with van der Waals surface area (Å²) >= 11 is 0. The highest BCUT2D eigenvalue weighted by Gasteiger charge is 2.23. The number of pyridine rings is 2. The van der Waals surface area contributed by atoms with Crippen molar-refractivity contribution >= 4 is 32.1 Å². The Kier molecular flexibility index (Phi) is 5.83. The summed E-state index contributed by atoms with van der Waals surface area (Å²) < 4.78 is 30.6. The molecule has 0 saturated carbocycles. The Morgan fingerprint density at radius 2 is 1.97 bits per heavy atom. The first kappa shape index (κ1) is 21.3. The largest absolute Gasteiger partial charge is 0.378 e. The van der Waals surface area contributed by atoms with Crippen molar-refractivity contribution in [2.24, 2.45) is 4.36 Å². The lowest BCUT2D eigenvalue weighted by Crippen LogP contribution is -2.36. The average molecular weight is 457 g/mol. The lowest BCUT2D eigenvalue weighted by atomic mass is 10.1. The van der Waals surface area contributed by atoms with Crippen LogP contribution in [0.25, 0.3) is 22.3 Å². The summed E-state index contributed by atoms with van der Waals surface area (Å²) in [7, 11) is -2.36. The number of aromatic nitrogens is 4. The van der Waals surface area contributed by atoms with Crippen LogP contribution in [-0.2, 0) is 19.2 Å². The molecule has 9 nitrogen and oxygen atoms in total. The maximum atomic E-state index is 12.6. The van der Waals surface area contributed by atoms with Gasteiger partial charge in [-0.1, -0.05) is 0 Å². The van der Waals surface area contributed by atoms with E-state index in [1.807, 2.05) is 22.9 Å². The van der Waals surface area contributed by atoms with E-state index < -0.39 is 9.73 Å². The van der Waals surface area contributed by atoms with Crippen molar-refractivity contribution in [1.82, 2.24) is 19.7 Å². The highest BCUT2D eigenvalue weighted by molar-refractivity contribution is 7.92. The predicted octanol–water partition coefficient (Wildman–Crippen LogP) is 3.39. The molecule has 3 aromatic rings. The smallest absolute Gasteiger partial charge is 0.150 e. The van der Waals surface area contributed by atoms with Crippen LogP contribution in [0.1, 0.15) is 25.5 Å².